The smallest absolute Gasteiger partial charge is 0.145 e. The van der Waals surface area contributed by atoms with E-state index in [-0.39, 0.29) is 5.92 Å². The van der Waals surface area contributed by atoms with Gasteiger partial charge in [0.25, 0.3) is 0 Å². The summed E-state index contributed by atoms with van der Waals surface area (Å²) in [6.45, 7) is 4.84. The Labute approximate surface area is 515 Å². The first-order valence-electron chi connectivity index (χ1n) is 30.8. The van der Waals surface area contributed by atoms with E-state index in [0.717, 1.165) is 73.8 Å². The van der Waals surface area contributed by atoms with E-state index in [1.54, 1.807) is 0 Å². The Balaban J connectivity index is 0.613. The maximum absolute atomic E-state index is 5.31. The Bertz CT molecular complexity index is 5840. The summed E-state index contributed by atoms with van der Waals surface area (Å²) in [7, 11) is 0. The third-order valence-electron chi connectivity index (χ3n) is 19.1. The molecule has 1 unspecified atom stereocenters. The first-order chi connectivity index (χ1) is 44.0. The van der Waals surface area contributed by atoms with Gasteiger partial charge in [-0.25, -0.2) is 4.98 Å². The van der Waals surface area contributed by atoms with Crippen LogP contribution in [-0.2, 0) is 0 Å². The van der Waals surface area contributed by atoms with Crippen LogP contribution in [0, 0.1) is 0 Å². The third-order valence-corrected chi connectivity index (χ3v) is 19.1. The third kappa shape index (κ3) is 8.42. The van der Waals surface area contributed by atoms with Crippen LogP contribution in [0.25, 0.3) is 153 Å². The van der Waals surface area contributed by atoms with E-state index in [1.165, 1.54) is 114 Å². The second-order valence-corrected chi connectivity index (χ2v) is 24.0. The molecule has 0 amide bonds. The zero-order valence-electron chi connectivity index (χ0n) is 48.7. The van der Waals surface area contributed by atoms with Gasteiger partial charge < -0.3 is 0 Å². The minimum absolute atomic E-state index is 0.0679. The maximum Gasteiger partial charge on any atom is 0.145 e. The van der Waals surface area contributed by atoms with Gasteiger partial charge in [-0.15, -0.1) is 0 Å². The number of nitrogens with zero attached hydrogens (tertiary/aromatic N) is 3. The number of fused-ring (bicyclic) bond motifs is 14. The van der Waals surface area contributed by atoms with Gasteiger partial charge >= 0.3 is 0 Å². The standard InChI is InChI=1S/C86H55N3/c1-53(59-32-33-61-47-64(37-34-60(61)46-59)78-50-66-39-28-56-14-2-4-16-70(56)84(66)75-21-8-6-18-72(75)78)77-52-82(87-80-23-11-10-20-74(77)80)58-30-26-54(27-31-58)55-42-44-69(45-43-55)89-83-25-13-12-24-81(83)88-86(89)68-41-36-62-48-65(38-35-63(62)49-68)79-51-67-40-29-57-15-3-5-17-71(57)85(67)76-22-9-7-19-73(76)79/h2-51,77H,1,52H2. The Hall–Kier alpha value is -11.5. The minimum atomic E-state index is 0.0679. The molecule has 414 valence electrons. The lowest BCUT2D eigenvalue weighted by molar-refractivity contribution is 0.895. The molecule has 1 aromatic heterocycles. The SMILES string of the molecule is C=C(c1ccc2cc(-c3cc4ccc5ccccc5c4c4ccccc34)ccc2c1)C1CC(c2ccc(-c3ccc(-n4c(-c5ccc6cc(-c7cc8ccc9ccccc9c8c8ccccc78)ccc6c5)nc5ccccc54)cc3)cc2)=Nc2ccccc21. The van der Waals surface area contributed by atoms with E-state index in [1.807, 2.05) is 0 Å². The number of benzene rings is 16. The summed E-state index contributed by atoms with van der Waals surface area (Å²) in [6, 6.07) is 111. The molecule has 18 rings (SSSR count). The Morgan fingerprint density at radius 3 is 1.43 bits per heavy atom. The van der Waals surface area contributed by atoms with Gasteiger partial charge in [-0.1, -0.05) is 243 Å². The van der Waals surface area contributed by atoms with Crippen LogP contribution in [0.5, 0.6) is 0 Å². The molecular formula is C86H55N3. The first kappa shape index (κ1) is 50.8. The molecule has 89 heavy (non-hydrogen) atoms. The van der Waals surface area contributed by atoms with Gasteiger partial charge in [0.1, 0.15) is 5.82 Å². The molecule has 17 aromatic rings. The lowest BCUT2D eigenvalue weighted by Gasteiger charge is -2.27. The summed E-state index contributed by atoms with van der Waals surface area (Å²) in [6.07, 6.45) is 0.755. The average Bonchev–Trinajstić information content (AvgIpc) is 1.48. The van der Waals surface area contributed by atoms with Gasteiger partial charge in [0, 0.05) is 29.3 Å². The van der Waals surface area contributed by atoms with Gasteiger partial charge in [-0.2, -0.15) is 0 Å². The number of hydrogen-bond donors (Lipinski definition) is 0. The highest BCUT2D eigenvalue weighted by Gasteiger charge is 2.27. The molecule has 1 atom stereocenters. The van der Waals surface area contributed by atoms with Crippen molar-refractivity contribution in [2.75, 3.05) is 0 Å². The van der Waals surface area contributed by atoms with Gasteiger partial charge in [-0.3, -0.25) is 9.56 Å². The molecule has 0 spiro atoms. The second-order valence-electron chi connectivity index (χ2n) is 24.0. The number of para-hydroxylation sites is 3. The highest BCUT2D eigenvalue weighted by Crippen LogP contribution is 2.46. The van der Waals surface area contributed by atoms with Crippen LogP contribution in [-0.4, -0.2) is 15.3 Å². The lowest BCUT2D eigenvalue weighted by Crippen LogP contribution is -2.14. The molecule has 3 heteroatoms. The van der Waals surface area contributed by atoms with E-state index < -0.39 is 0 Å². The summed E-state index contributed by atoms with van der Waals surface area (Å²) in [5.41, 5.74) is 18.0. The fraction of sp³-hybridized carbons (Fsp3) is 0.0233. The minimum Gasteiger partial charge on any atom is -0.292 e. The van der Waals surface area contributed by atoms with E-state index in [4.69, 9.17) is 16.6 Å². The van der Waals surface area contributed by atoms with Crippen molar-refractivity contribution in [3.05, 3.63) is 327 Å². The van der Waals surface area contributed by atoms with Crippen LogP contribution < -0.4 is 0 Å². The van der Waals surface area contributed by atoms with E-state index >= 15 is 0 Å². The molecule has 0 N–H and O–H groups in total. The normalized spacial score (nSPS) is 13.3. The predicted molar refractivity (Wildman–Crippen MR) is 378 cm³/mol. The quantitative estimate of drug-likeness (QED) is 0.139. The predicted octanol–water partition coefficient (Wildman–Crippen LogP) is 23.2. The average molecular weight is 1130 g/mol. The van der Waals surface area contributed by atoms with Gasteiger partial charge in [-0.05, 0) is 209 Å². The van der Waals surface area contributed by atoms with E-state index in [0.29, 0.717) is 0 Å². The lowest BCUT2D eigenvalue weighted by atomic mass is 9.80. The van der Waals surface area contributed by atoms with Gasteiger partial charge in [0.15, 0.2) is 0 Å². The largest absolute Gasteiger partial charge is 0.292 e. The highest BCUT2D eigenvalue weighted by molar-refractivity contribution is 6.25. The number of allylic oxidation sites excluding steroid dienone is 1. The molecule has 1 aliphatic rings. The molecule has 2 heterocycles. The number of imidazole rings is 1. The van der Waals surface area contributed by atoms with Crippen LogP contribution >= 0.6 is 0 Å². The van der Waals surface area contributed by atoms with Gasteiger partial charge in [0.2, 0.25) is 0 Å². The maximum atomic E-state index is 5.31. The fourth-order valence-corrected chi connectivity index (χ4v) is 14.6. The summed E-state index contributed by atoms with van der Waals surface area (Å²) < 4.78 is 2.30. The summed E-state index contributed by atoms with van der Waals surface area (Å²) >= 11 is 0. The van der Waals surface area contributed by atoms with Crippen molar-refractivity contribution >= 4 is 114 Å². The molecule has 16 aromatic carbocycles. The molecule has 3 nitrogen and oxygen atoms in total. The number of aromatic nitrogens is 2. The van der Waals surface area contributed by atoms with Crippen LogP contribution in [0.15, 0.2) is 315 Å². The molecule has 0 radical (unpaired) electrons. The zero-order chi connectivity index (χ0) is 58.7. The Kier molecular flexibility index (Phi) is 11.6. The molecular weight excluding hydrogens is 1070 g/mol. The van der Waals surface area contributed by atoms with Crippen LogP contribution in [0.3, 0.4) is 0 Å². The topological polar surface area (TPSA) is 30.2 Å². The first-order valence-corrected chi connectivity index (χ1v) is 30.8. The van der Waals surface area contributed by atoms with Crippen molar-refractivity contribution in [2.45, 2.75) is 12.3 Å². The Morgan fingerprint density at radius 1 is 0.348 bits per heavy atom. The molecule has 0 bridgehead atoms. The van der Waals surface area contributed by atoms with Crippen molar-refractivity contribution in [1.82, 2.24) is 9.55 Å². The van der Waals surface area contributed by atoms with Crippen molar-refractivity contribution < 1.29 is 0 Å². The zero-order valence-corrected chi connectivity index (χ0v) is 48.7. The molecule has 1 aliphatic heterocycles. The molecule has 0 saturated carbocycles. The fourth-order valence-electron chi connectivity index (χ4n) is 14.6. The summed E-state index contributed by atoms with van der Waals surface area (Å²) in [5.74, 6) is 0.978. The van der Waals surface area contributed by atoms with Crippen molar-refractivity contribution in [3.63, 3.8) is 0 Å². The van der Waals surface area contributed by atoms with Crippen molar-refractivity contribution in [1.29, 1.82) is 0 Å². The number of rotatable bonds is 8. The van der Waals surface area contributed by atoms with E-state index in [2.05, 4.69) is 308 Å². The Morgan fingerprint density at radius 2 is 0.798 bits per heavy atom. The van der Waals surface area contributed by atoms with Crippen LogP contribution in [0.4, 0.5) is 5.69 Å². The van der Waals surface area contributed by atoms with Crippen LogP contribution in [0.1, 0.15) is 29.0 Å². The molecule has 0 aliphatic carbocycles. The van der Waals surface area contributed by atoms with Gasteiger partial charge in [0.05, 0.1) is 16.7 Å². The number of aliphatic imine (C=N–C) groups is 1. The summed E-state index contributed by atoms with van der Waals surface area (Å²) in [4.78, 5) is 10.6. The highest BCUT2D eigenvalue weighted by atomic mass is 15.1. The monoisotopic (exact) mass is 1130 g/mol. The molecule has 0 fully saturated rings. The number of hydrogen-bond acceptors (Lipinski definition) is 2. The van der Waals surface area contributed by atoms with Crippen molar-refractivity contribution in [2.24, 2.45) is 4.99 Å². The van der Waals surface area contributed by atoms with E-state index in [9.17, 15) is 0 Å². The van der Waals surface area contributed by atoms with Crippen molar-refractivity contribution in [3.8, 4) is 50.5 Å². The van der Waals surface area contributed by atoms with Crippen LogP contribution in [0.2, 0.25) is 0 Å². The summed E-state index contributed by atoms with van der Waals surface area (Å²) in [5, 5.41) is 20.1. The second kappa shape index (κ2) is 20.3. The molecule has 0 saturated heterocycles.